The minimum atomic E-state index is -1.30. The zero-order valence-corrected chi connectivity index (χ0v) is 15.2. The normalized spacial score (nSPS) is 24.7. The number of hydrogen-bond donors (Lipinski definition) is 5. The fraction of sp³-hybridized carbons (Fsp3) is 0.353. The molecule has 0 spiro atoms. The van der Waals surface area contributed by atoms with Crippen LogP contribution in [-0.4, -0.2) is 59.8 Å². The average Bonchev–Trinajstić information content (AvgIpc) is 3.23. The second kappa shape index (κ2) is 7.49. The molecule has 1 aliphatic rings. The summed E-state index contributed by atoms with van der Waals surface area (Å²) in [6.07, 6.45) is -3.24. The Morgan fingerprint density at radius 1 is 1.25 bits per heavy atom. The lowest BCUT2D eigenvalue weighted by Crippen LogP contribution is -2.33. The molecule has 4 rings (SSSR count). The molecule has 1 aliphatic heterocycles. The van der Waals surface area contributed by atoms with Crippen molar-refractivity contribution in [2.45, 2.75) is 31.1 Å². The number of aromatic amines is 1. The fourth-order valence-corrected chi connectivity index (χ4v) is 3.22. The average molecular weight is 408 g/mol. The number of anilines is 1. The van der Waals surface area contributed by atoms with Crippen molar-refractivity contribution in [2.24, 2.45) is 0 Å². The van der Waals surface area contributed by atoms with E-state index in [1.54, 1.807) is 12.1 Å². The van der Waals surface area contributed by atoms with E-state index in [1.807, 2.05) is 12.1 Å². The first-order valence-corrected chi connectivity index (χ1v) is 8.93. The second-order valence-electron chi connectivity index (χ2n) is 6.45. The first-order chi connectivity index (χ1) is 13.5. The molecule has 4 unspecified atom stereocenters. The largest absolute Gasteiger partial charge is 0.394 e. The number of hydrogen-bond acceptors (Lipinski definition) is 8. The van der Waals surface area contributed by atoms with Crippen LogP contribution in [0.5, 0.6) is 0 Å². The lowest BCUT2D eigenvalue weighted by molar-refractivity contribution is -0.0511. The summed E-state index contributed by atoms with van der Waals surface area (Å²) in [7, 11) is 0. The van der Waals surface area contributed by atoms with Crippen LogP contribution in [0.3, 0.4) is 0 Å². The predicted molar refractivity (Wildman–Crippen MR) is 99.9 cm³/mol. The number of fused-ring (bicyclic) bond motifs is 1. The van der Waals surface area contributed by atoms with Crippen molar-refractivity contribution in [2.75, 3.05) is 11.9 Å². The second-order valence-corrected chi connectivity index (χ2v) is 6.88. The molecule has 0 saturated carbocycles. The van der Waals surface area contributed by atoms with Crippen LogP contribution in [0.25, 0.3) is 11.2 Å². The van der Waals surface area contributed by atoms with Gasteiger partial charge in [0, 0.05) is 11.6 Å². The van der Waals surface area contributed by atoms with Gasteiger partial charge in [0.25, 0.3) is 5.56 Å². The van der Waals surface area contributed by atoms with E-state index in [4.69, 9.17) is 16.3 Å². The van der Waals surface area contributed by atoms with E-state index in [0.29, 0.717) is 11.6 Å². The Morgan fingerprint density at radius 3 is 2.68 bits per heavy atom. The number of aliphatic hydroxyl groups excluding tert-OH is 3. The smallest absolute Gasteiger partial charge is 0.280 e. The molecule has 148 valence electrons. The van der Waals surface area contributed by atoms with E-state index in [2.05, 4.69) is 20.3 Å². The Hall–Kier alpha value is -2.50. The summed E-state index contributed by atoms with van der Waals surface area (Å²) in [4.78, 5) is 23.3. The van der Waals surface area contributed by atoms with Gasteiger partial charge in [-0.1, -0.05) is 23.7 Å². The number of benzene rings is 1. The maximum atomic E-state index is 12.3. The molecule has 1 aromatic carbocycles. The van der Waals surface area contributed by atoms with Crippen LogP contribution >= 0.6 is 11.6 Å². The van der Waals surface area contributed by atoms with Gasteiger partial charge in [0.1, 0.15) is 18.3 Å². The third-order valence-electron chi connectivity index (χ3n) is 4.60. The molecule has 0 radical (unpaired) electrons. The number of H-pyrrole nitrogens is 1. The highest BCUT2D eigenvalue weighted by atomic mass is 35.5. The molecular formula is C17H18ClN5O5. The van der Waals surface area contributed by atoms with E-state index in [-0.39, 0.29) is 17.1 Å². The predicted octanol–water partition coefficient (Wildman–Crippen LogP) is -0.00340. The van der Waals surface area contributed by atoms with Gasteiger partial charge in [-0.2, -0.15) is 4.98 Å². The Morgan fingerprint density at radius 2 is 2.00 bits per heavy atom. The van der Waals surface area contributed by atoms with Crippen molar-refractivity contribution in [3.05, 3.63) is 51.5 Å². The van der Waals surface area contributed by atoms with Crippen molar-refractivity contribution in [3.63, 3.8) is 0 Å². The van der Waals surface area contributed by atoms with Crippen molar-refractivity contribution in [3.8, 4) is 0 Å². The van der Waals surface area contributed by atoms with E-state index in [1.165, 1.54) is 10.9 Å². The number of nitrogens with zero attached hydrogens (tertiary/aromatic N) is 3. The third-order valence-corrected chi connectivity index (χ3v) is 4.85. The van der Waals surface area contributed by atoms with Gasteiger partial charge in [-0.25, -0.2) is 4.98 Å². The molecule has 3 aromatic rings. The molecular weight excluding hydrogens is 390 g/mol. The lowest BCUT2D eigenvalue weighted by Gasteiger charge is -2.16. The summed E-state index contributed by atoms with van der Waals surface area (Å²) in [6, 6.07) is 7.20. The van der Waals surface area contributed by atoms with Gasteiger partial charge in [0.15, 0.2) is 17.4 Å². The molecule has 11 heteroatoms. The summed E-state index contributed by atoms with van der Waals surface area (Å²) >= 11 is 5.87. The third kappa shape index (κ3) is 3.36. The lowest BCUT2D eigenvalue weighted by atomic mass is 10.1. The molecule has 10 nitrogen and oxygen atoms in total. The number of nitrogens with one attached hydrogen (secondary N) is 2. The van der Waals surface area contributed by atoms with Crippen molar-refractivity contribution in [1.82, 2.24) is 19.5 Å². The molecule has 4 atom stereocenters. The standard InChI is InChI=1S/C17H18ClN5O5/c18-9-3-1-8(2-4-9)5-19-17-21-14-11(15(27)22-17)20-7-23(14)16-13(26)12(25)10(6-24)28-16/h1-4,7,10,12-13,16,24-26H,5-6H2,(H2,19,21,22,27). The monoisotopic (exact) mass is 407 g/mol. The summed E-state index contributed by atoms with van der Waals surface area (Å²) in [5.74, 6) is 0.209. The highest BCUT2D eigenvalue weighted by Gasteiger charge is 2.44. The fourth-order valence-electron chi connectivity index (χ4n) is 3.09. The van der Waals surface area contributed by atoms with Gasteiger partial charge in [0.2, 0.25) is 5.95 Å². The van der Waals surface area contributed by atoms with Gasteiger partial charge in [0.05, 0.1) is 12.9 Å². The minimum absolute atomic E-state index is 0.0646. The molecule has 5 N–H and O–H groups in total. The minimum Gasteiger partial charge on any atom is -0.394 e. The van der Waals surface area contributed by atoms with E-state index >= 15 is 0 Å². The molecule has 0 aliphatic carbocycles. The molecule has 0 bridgehead atoms. The zero-order valence-electron chi connectivity index (χ0n) is 14.5. The number of aliphatic hydroxyl groups is 3. The summed E-state index contributed by atoms with van der Waals surface area (Å²) in [6.45, 7) is -0.0587. The number of ether oxygens (including phenoxy) is 1. The highest BCUT2D eigenvalue weighted by molar-refractivity contribution is 6.30. The van der Waals surface area contributed by atoms with Crippen LogP contribution in [0.2, 0.25) is 5.02 Å². The van der Waals surface area contributed by atoms with Crippen LogP contribution in [-0.2, 0) is 11.3 Å². The van der Waals surface area contributed by atoms with Crippen molar-refractivity contribution >= 4 is 28.7 Å². The van der Waals surface area contributed by atoms with Crippen LogP contribution < -0.4 is 10.9 Å². The van der Waals surface area contributed by atoms with Gasteiger partial charge in [-0.3, -0.25) is 14.3 Å². The van der Waals surface area contributed by atoms with Gasteiger partial charge in [-0.05, 0) is 17.7 Å². The van der Waals surface area contributed by atoms with Crippen LogP contribution in [0, 0.1) is 0 Å². The Balaban J connectivity index is 1.63. The Bertz CT molecular complexity index is 1040. The first-order valence-electron chi connectivity index (χ1n) is 8.55. The quantitative estimate of drug-likeness (QED) is 0.397. The van der Waals surface area contributed by atoms with Crippen LogP contribution in [0.4, 0.5) is 5.95 Å². The molecule has 3 heterocycles. The number of imidazole rings is 1. The molecule has 0 amide bonds. The van der Waals surface area contributed by atoms with Gasteiger partial charge in [-0.15, -0.1) is 0 Å². The topological polar surface area (TPSA) is 146 Å². The van der Waals surface area contributed by atoms with Crippen LogP contribution in [0.1, 0.15) is 11.8 Å². The van der Waals surface area contributed by atoms with Gasteiger partial charge >= 0.3 is 0 Å². The number of aromatic nitrogens is 4. The summed E-state index contributed by atoms with van der Waals surface area (Å²) in [5.41, 5.74) is 0.713. The Labute approximate surface area is 163 Å². The maximum absolute atomic E-state index is 12.3. The zero-order chi connectivity index (χ0) is 19.8. The summed E-state index contributed by atoms with van der Waals surface area (Å²) in [5, 5.41) is 33.1. The van der Waals surface area contributed by atoms with Crippen molar-refractivity contribution in [1.29, 1.82) is 0 Å². The van der Waals surface area contributed by atoms with E-state index in [9.17, 15) is 20.1 Å². The molecule has 1 saturated heterocycles. The summed E-state index contributed by atoms with van der Waals surface area (Å²) < 4.78 is 6.86. The van der Waals surface area contributed by atoms with E-state index in [0.717, 1.165) is 5.56 Å². The molecule has 28 heavy (non-hydrogen) atoms. The van der Waals surface area contributed by atoms with Gasteiger partial charge < -0.3 is 25.4 Å². The highest BCUT2D eigenvalue weighted by Crippen LogP contribution is 2.30. The molecule has 2 aromatic heterocycles. The van der Waals surface area contributed by atoms with Crippen LogP contribution in [0.15, 0.2) is 35.4 Å². The molecule has 1 fully saturated rings. The van der Waals surface area contributed by atoms with Crippen molar-refractivity contribution < 1.29 is 20.1 Å². The maximum Gasteiger partial charge on any atom is 0.280 e. The first kappa shape index (κ1) is 18.8. The number of rotatable bonds is 5. The SMILES string of the molecule is O=c1[nH]c(NCc2ccc(Cl)cc2)nc2c1ncn2C1OC(CO)C(O)C1O. The van der Waals surface area contributed by atoms with E-state index < -0.39 is 36.7 Å². The Kier molecular flexibility index (Phi) is 5.04. The number of halogens is 1.